The van der Waals surface area contributed by atoms with Gasteiger partial charge in [-0.25, -0.2) is 4.99 Å². The molecule has 0 radical (unpaired) electrons. The Bertz CT molecular complexity index is 1000. The molecule has 0 aliphatic carbocycles. The van der Waals surface area contributed by atoms with Gasteiger partial charge in [0, 0.05) is 23.9 Å². The molecule has 1 aromatic heterocycles. The van der Waals surface area contributed by atoms with Crippen molar-refractivity contribution < 1.29 is 14.8 Å². The van der Waals surface area contributed by atoms with Gasteiger partial charge in [-0.2, -0.15) is 0 Å². The summed E-state index contributed by atoms with van der Waals surface area (Å²) in [5.74, 6) is -0.652. The Morgan fingerprint density at radius 2 is 2.23 bits per heavy atom. The minimum atomic E-state index is -0.542. The number of non-ortho nitro benzene ring substituents is 1. The number of aromatic hydroxyl groups is 1. The second kappa shape index (κ2) is 5.11. The molecule has 1 amide bonds. The van der Waals surface area contributed by atoms with Crippen LogP contribution in [0.1, 0.15) is 11.8 Å². The normalized spacial score (nSPS) is 13.1. The van der Waals surface area contributed by atoms with E-state index in [1.807, 2.05) is 6.92 Å². The third-order valence-corrected chi connectivity index (χ3v) is 4.76. The van der Waals surface area contributed by atoms with Gasteiger partial charge in [0.2, 0.25) is 5.88 Å². The lowest BCUT2D eigenvalue weighted by Crippen LogP contribution is -2.23. The molecule has 3 rings (SSSR count). The first-order chi connectivity index (χ1) is 10.4. The fraction of sp³-hybridized carbons (Fsp3) is 0.154. The first kappa shape index (κ1) is 14.5. The predicted octanol–water partition coefficient (Wildman–Crippen LogP) is 1.27. The van der Waals surface area contributed by atoms with Gasteiger partial charge in [0.25, 0.3) is 11.6 Å². The van der Waals surface area contributed by atoms with Crippen LogP contribution in [0.25, 0.3) is 5.57 Å². The summed E-state index contributed by atoms with van der Waals surface area (Å²) in [4.78, 5) is 26.7. The molecule has 112 valence electrons. The Hall–Kier alpha value is -2.39. The van der Waals surface area contributed by atoms with Crippen LogP contribution in [0, 0.1) is 14.1 Å². The van der Waals surface area contributed by atoms with Crippen LogP contribution in [0.3, 0.4) is 0 Å². The third kappa shape index (κ3) is 2.06. The van der Waals surface area contributed by atoms with E-state index in [0.717, 1.165) is 11.3 Å². The largest absolute Gasteiger partial charge is 0.493 e. The van der Waals surface area contributed by atoms with Crippen LogP contribution >= 0.6 is 23.6 Å². The lowest BCUT2D eigenvalue weighted by Gasteiger charge is -2.01. The Balaban J connectivity index is 2.39. The molecule has 0 bridgehead atoms. The first-order valence-corrected chi connectivity index (χ1v) is 7.51. The van der Waals surface area contributed by atoms with Gasteiger partial charge in [0.05, 0.1) is 15.9 Å². The molecule has 22 heavy (non-hydrogen) atoms. The highest BCUT2D eigenvalue weighted by Gasteiger charge is 2.25. The number of hydrogen-bond donors (Lipinski definition) is 1. The van der Waals surface area contributed by atoms with Crippen molar-refractivity contribution in [3.63, 3.8) is 0 Å². The molecule has 2 aromatic rings. The number of carbonyl (C=O) groups is 1. The number of amides is 1. The standard InChI is InChI=1S/C13H9N3O4S2/c1-2-15-12(18)10(22-13(15)21)9-7-5-6(16(19)20)3-4-8(7)14-11(9)17/h3-5,18H,2H2,1H3. The molecule has 0 fully saturated rings. The van der Waals surface area contributed by atoms with Crippen molar-refractivity contribution in [2.75, 3.05) is 0 Å². The van der Waals surface area contributed by atoms with Crippen molar-refractivity contribution in [2.45, 2.75) is 13.5 Å². The van der Waals surface area contributed by atoms with E-state index in [4.69, 9.17) is 12.2 Å². The number of fused-ring (bicyclic) bond motifs is 1. The zero-order valence-corrected chi connectivity index (χ0v) is 12.9. The average molecular weight is 335 g/mol. The molecule has 1 aliphatic heterocycles. The van der Waals surface area contributed by atoms with Crippen LogP contribution in [0.15, 0.2) is 23.2 Å². The molecule has 0 unspecified atom stereocenters. The molecular weight excluding hydrogens is 326 g/mol. The summed E-state index contributed by atoms with van der Waals surface area (Å²) < 4.78 is 1.92. The Morgan fingerprint density at radius 1 is 1.50 bits per heavy atom. The zero-order valence-electron chi connectivity index (χ0n) is 11.3. The van der Waals surface area contributed by atoms with Crippen LogP contribution in [-0.2, 0) is 11.3 Å². The molecule has 1 N–H and O–H groups in total. The van der Waals surface area contributed by atoms with Crippen LogP contribution in [0.2, 0.25) is 0 Å². The predicted molar refractivity (Wildman–Crippen MR) is 81.9 cm³/mol. The van der Waals surface area contributed by atoms with E-state index in [2.05, 4.69) is 4.99 Å². The third-order valence-electron chi connectivity index (χ3n) is 3.31. The van der Waals surface area contributed by atoms with E-state index in [0.29, 0.717) is 26.0 Å². The van der Waals surface area contributed by atoms with Crippen molar-refractivity contribution in [3.05, 3.63) is 47.7 Å². The molecule has 0 saturated carbocycles. The topological polar surface area (TPSA) is 97.7 Å². The van der Waals surface area contributed by atoms with Gasteiger partial charge in [-0.1, -0.05) is 0 Å². The number of nitro benzene ring substituents is 1. The number of benzene rings is 1. The maximum atomic E-state index is 12.2. The van der Waals surface area contributed by atoms with Gasteiger partial charge in [-0.05, 0) is 25.2 Å². The Kier molecular flexibility index (Phi) is 3.38. The minimum Gasteiger partial charge on any atom is -0.493 e. The first-order valence-electron chi connectivity index (χ1n) is 6.28. The van der Waals surface area contributed by atoms with Crippen LogP contribution < -0.4 is 10.6 Å². The lowest BCUT2D eigenvalue weighted by atomic mass is 10.1. The number of nitrogens with zero attached hydrogens (tertiary/aromatic N) is 3. The minimum absolute atomic E-state index is 0.115. The summed E-state index contributed by atoms with van der Waals surface area (Å²) in [6, 6.07) is 4.00. The van der Waals surface area contributed by atoms with E-state index in [-0.39, 0.29) is 17.1 Å². The number of hydrogen-bond acceptors (Lipinski definition) is 6. The summed E-state index contributed by atoms with van der Waals surface area (Å²) in [6.45, 7) is 2.28. The summed E-state index contributed by atoms with van der Waals surface area (Å²) in [5.41, 5.74) is 0.0126. The summed E-state index contributed by atoms with van der Waals surface area (Å²) in [6.07, 6.45) is 0. The molecule has 0 saturated heterocycles. The van der Waals surface area contributed by atoms with E-state index < -0.39 is 10.8 Å². The van der Waals surface area contributed by atoms with Gasteiger partial charge in [-0.3, -0.25) is 19.5 Å². The number of rotatable bonds is 3. The molecule has 7 nitrogen and oxygen atoms in total. The maximum absolute atomic E-state index is 12.2. The smallest absolute Gasteiger partial charge is 0.279 e. The lowest BCUT2D eigenvalue weighted by molar-refractivity contribution is -0.385. The van der Waals surface area contributed by atoms with Crippen LogP contribution in [0.5, 0.6) is 5.88 Å². The Morgan fingerprint density at radius 3 is 2.82 bits per heavy atom. The molecular formula is C13H9N3O4S2. The number of carbonyl (C=O) groups excluding carboxylic acids is 1. The molecule has 1 aliphatic rings. The van der Waals surface area contributed by atoms with Crippen molar-refractivity contribution >= 4 is 40.7 Å². The van der Waals surface area contributed by atoms with Crippen molar-refractivity contribution in [3.8, 4) is 5.88 Å². The van der Waals surface area contributed by atoms with Crippen molar-refractivity contribution in [1.29, 1.82) is 0 Å². The highest BCUT2D eigenvalue weighted by Crippen LogP contribution is 2.32. The van der Waals surface area contributed by atoms with Gasteiger partial charge in [0.1, 0.15) is 4.88 Å². The molecule has 0 atom stereocenters. The number of aromatic nitrogens is 1. The van der Waals surface area contributed by atoms with Gasteiger partial charge in [-0.15, -0.1) is 11.3 Å². The van der Waals surface area contributed by atoms with Gasteiger partial charge >= 0.3 is 0 Å². The highest BCUT2D eigenvalue weighted by molar-refractivity contribution is 7.73. The molecule has 9 heteroatoms. The summed E-state index contributed by atoms with van der Waals surface area (Å²) in [7, 11) is 0. The zero-order chi connectivity index (χ0) is 16.0. The van der Waals surface area contributed by atoms with E-state index >= 15 is 0 Å². The molecule has 2 heterocycles. The average Bonchev–Trinajstić information content (AvgIpc) is 2.93. The second-order valence-electron chi connectivity index (χ2n) is 4.52. The van der Waals surface area contributed by atoms with E-state index in [9.17, 15) is 20.0 Å². The number of thiazole rings is 1. The molecule has 0 spiro atoms. The monoisotopic (exact) mass is 335 g/mol. The fourth-order valence-electron chi connectivity index (χ4n) is 2.27. The number of nitro groups is 1. The van der Waals surface area contributed by atoms with Crippen molar-refractivity contribution in [2.24, 2.45) is 4.99 Å². The second-order valence-corrected chi connectivity index (χ2v) is 6.16. The van der Waals surface area contributed by atoms with E-state index in [1.54, 1.807) is 0 Å². The Labute approximate surface area is 132 Å². The van der Waals surface area contributed by atoms with Gasteiger partial charge in [0.15, 0.2) is 3.95 Å². The van der Waals surface area contributed by atoms with Crippen LogP contribution in [0.4, 0.5) is 5.69 Å². The fourth-order valence-corrected chi connectivity index (χ4v) is 3.74. The summed E-state index contributed by atoms with van der Waals surface area (Å²) >= 11 is 6.24. The summed E-state index contributed by atoms with van der Waals surface area (Å²) in [5, 5.41) is 21.9. The quantitative estimate of drug-likeness (QED) is 0.517. The van der Waals surface area contributed by atoms with Crippen molar-refractivity contribution in [1.82, 2.24) is 4.57 Å². The van der Waals surface area contributed by atoms with E-state index in [1.165, 1.54) is 22.8 Å². The van der Waals surface area contributed by atoms with Gasteiger partial charge < -0.3 is 5.11 Å². The highest BCUT2D eigenvalue weighted by atomic mass is 32.1. The SMILES string of the molecule is CCn1c(O)c(C2=c3cc([N+](=O)[O-])ccc3=NC2=O)sc1=S. The van der Waals surface area contributed by atoms with Crippen LogP contribution in [-0.4, -0.2) is 20.5 Å². The maximum Gasteiger partial charge on any atom is 0.279 e. The molecule has 1 aromatic carbocycles.